The maximum Gasteiger partial charge on any atom is 0.234 e. The Labute approximate surface area is 113 Å². The third kappa shape index (κ3) is 4.31. The molecule has 3 N–H and O–H groups in total. The van der Waals surface area contributed by atoms with Gasteiger partial charge in [0, 0.05) is 26.2 Å². The first-order valence-corrected chi connectivity index (χ1v) is 6.68. The van der Waals surface area contributed by atoms with E-state index in [-0.39, 0.29) is 18.6 Å². The summed E-state index contributed by atoms with van der Waals surface area (Å²) in [4.78, 5) is 14.1. The summed E-state index contributed by atoms with van der Waals surface area (Å²) >= 11 is 0. The van der Waals surface area contributed by atoms with Crippen molar-refractivity contribution in [2.24, 2.45) is 0 Å². The molecule has 5 nitrogen and oxygen atoms in total. The molecular weight excluding hydrogens is 242 g/mol. The van der Waals surface area contributed by atoms with Crippen LogP contribution in [0.2, 0.25) is 0 Å². The zero-order valence-corrected chi connectivity index (χ0v) is 11.0. The van der Waals surface area contributed by atoms with E-state index in [2.05, 4.69) is 15.5 Å². The van der Waals surface area contributed by atoms with E-state index in [4.69, 9.17) is 0 Å². The van der Waals surface area contributed by atoms with Gasteiger partial charge in [-0.25, -0.2) is 0 Å². The standard InChI is InChI=1S/C14H21N3O2/c18-11-13(12-4-2-1-3-5-12)16-14(19)10-17-8-6-15-7-9-17/h1-5,13,15,18H,6-11H2,(H,16,19)/t13-/m1/s1. The molecule has 1 aliphatic heterocycles. The van der Waals surface area contributed by atoms with Gasteiger partial charge < -0.3 is 15.7 Å². The quantitative estimate of drug-likeness (QED) is 0.685. The van der Waals surface area contributed by atoms with E-state index < -0.39 is 0 Å². The van der Waals surface area contributed by atoms with Crippen molar-refractivity contribution in [3.8, 4) is 0 Å². The van der Waals surface area contributed by atoms with E-state index in [0.29, 0.717) is 6.54 Å². The van der Waals surface area contributed by atoms with E-state index in [9.17, 15) is 9.90 Å². The van der Waals surface area contributed by atoms with Crippen LogP contribution >= 0.6 is 0 Å². The highest BCUT2D eigenvalue weighted by molar-refractivity contribution is 5.78. The minimum absolute atomic E-state index is 0.0372. The summed E-state index contributed by atoms with van der Waals surface area (Å²) < 4.78 is 0. The lowest BCUT2D eigenvalue weighted by atomic mass is 10.1. The molecule has 19 heavy (non-hydrogen) atoms. The lowest BCUT2D eigenvalue weighted by Gasteiger charge is -2.27. The number of hydrogen-bond acceptors (Lipinski definition) is 4. The largest absolute Gasteiger partial charge is 0.394 e. The van der Waals surface area contributed by atoms with Crippen LogP contribution in [0.3, 0.4) is 0 Å². The van der Waals surface area contributed by atoms with Crippen molar-refractivity contribution in [1.82, 2.24) is 15.5 Å². The second-order valence-corrected chi connectivity index (χ2v) is 4.74. The Bertz CT molecular complexity index is 391. The third-order valence-electron chi connectivity index (χ3n) is 3.30. The first-order valence-electron chi connectivity index (χ1n) is 6.68. The van der Waals surface area contributed by atoms with Crippen molar-refractivity contribution in [3.05, 3.63) is 35.9 Å². The molecule has 0 radical (unpaired) electrons. The summed E-state index contributed by atoms with van der Waals surface area (Å²) in [7, 11) is 0. The fourth-order valence-electron chi connectivity index (χ4n) is 2.23. The number of benzene rings is 1. The molecule has 1 saturated heterocycles. The molecule has 2 rings (SSSR count). The van der Waals surface area contributed by atoms with Gasteiger partial charge in [-0.3, -0.25) is 9.69 Å². The SMILES string of the molecule is O=C(CN1CCNCC1)N[C@H](CO)c1ccccc1. The topological polar surface area (TPSA) is 64.6 Å². The zero-order chi connectivity index (χ0) is 13.5. The van der Waals surface area contributed by atoms with E-state index in [0.717, 1.165) is 31.7 Å². The number of amides is 1. The van der Waals surface area contributed by atoms with E-state index in [1.165, 1.54) is 0 Å². The lowest BCUT2D eigenvalue weighted by Crippen LogP contribution is -2.48. The van der Waals surface area contributed by atoms with Crippen LogP contribution in [0.15, 0.2) is 30.3 Å². The van der Waals surface area contributed by atoms with Crippen molar-refractivity contribution in [3.63, 3.8) is 0 Å². The molecule has 1 atom stereocenters. The number of rotatable bonds is 5. The number of carbonyl (C=O) groups is 1. The van der Waals surface area contributed by atoms with Crippen LogP contribution in [0.1, 0.15) is 11.6 Å². The van der Waals surface area contributed by atoms with Crippen molar-refractivity contribution in [1.29, 1.82) is 0 Å². The van der Waals surface area contributed by atoms with Gasteiger partial charge in [0.05, 0.1) is 19.2 Å². The molecule has 0 aromatic heterocycles. The average Bonchev–Trinajstić information content (AvgIpc) is 2.47. The van der Waals surface area contributed by atoms with Gasteiger partial charge in [-0.05, 0) is 5.56 Å². The first-order chi connectivity index (χ1) is 9.29. The molecule has 104 valence electrons. The highest BCUT2D eigenvalue weighted by Crippen LogP contribution is 2.11. The van der Waals surface area contributed by atoms with Crippen LogP contribution in [0, 0.1) is 0 Å². The van der Waals surface area contributed by atoms with Crippen LogP contribution < -0.4 is 10.6 Å². The minimum Gasteiger partial charge on any atom is -0.394 e. The Hall–Kier alpha value is -1.43. The summed E-state index contributed by atoms with van der Waals surface area (Å²) in [5.41, 5.74) is 0.929. The molecule has 0 saturated carbocycles. The van der Waals surface area contributed by atoms with Gasteiger partial charge in [-0.1, -0.05) is 30.3 Å². The van der Waals surface area contributed by atoms with Crippen LogP contribution in [0.25, 0.3) is 0 Å². The van der Waals surface area contributed by atoms with Gasteiger partial charge in [0.2, 0.25) is 5.91 Å². The number of aliphatic hydroxyl groups is 1. The highest BCUT2D eigenvalue weighted by atomic mass is 16.3. The highest BCUT2D eigenvalue weighted by Gasteiger charge is 2.17. The van der Waals surface area contributed by atoms with Gasteiger partial charge in [0.25, 0.3) is 0 Å². The average molecular weight is 263 g/mol. The predicted octanol–water partition coefficient (Wildman–Crippen LogP) is -0.259. The third-order valence-corrected chi connectivity index (χ3v) is 3.30. The van der Waals surface area contributed by atoms with Crippen molar-refractivity contribution in [2.75, 3.05) is 39.3 Å². The Morgan fingerprint density at radius 3 is 2.63 bits per heavy atom. The van der Waals surface area contributed by atoms with Gasteiger partial charge in [-0.2, -0.15) is 0 Å². The Morgan fingerprint density at radius 2 is 2.00 bits per heavy atom. The summed E-state index contributed by atoms with van der Waals surface area (Å²) in [6.07, 6.45) is 0. The van der Waals surface area contributed by atoms with Crippen molar-refractivity contribution >= 4 is 5.91 Å². The summed E-state index contributed by atoms with van der Waals surface area (Å²) in [6, 6.07) is 9.22. The molecular formula is C14H21N3O2. The second-order valence-electron chi connectivity index (χ2n) is 4.74. The van der Waals surface area contributed by atoms with Crippen LogP contribution in [-0.4, -0.2) is 55.2 Å². The van der Waals surface area contributed by atoms with Gasteiger partial charge in [-0.15, -0.1) is 0 Å². The molecule has 1 heterocycles. The fourth-order valence-corrected chi connectivity index (χ4v) is 2.23. The monoisotopic (exact) mass is 263 g/mol. The second kappa shape index (κ2) is 7.23. The van der Waals surface area contributed by atoms with E-state index in [1.807, 2.05) is 30.3 Å². The molecule has 0 bridgehead atoms. The van der Waals surface area contributed by atoms with Crippen LogP contribution in [-0.2, 0) is 4.79 Å². The number of aliphatic hydroxyl groups excluding tert-OH is 1. The molecule has 0 aliphatic carbocycles. The van der Waals surface area contributed by atoms with Gasteiger partial charge in [0.15, 0.2) is 0 Å². The van der Waals surface area contributed by atoms with E-state index in [1.54, 1.807) is 0 Å². The predicted molar refractivity (Wildman–Crippen MR) is 73.7 cm³/mol. The van der Waals surface area contributed by atoms with Crippen LogP contribution in [0.4, 0.5) is 0 Å². The van der Waals surface area contributed by atoms with Gasteiger partial charge in [0.1, 0.15) is 0 Å². The maximum absolute atomic E-state index is 12.0. The Morgan fingerprint density at radius 1 is 1.32 bits per heavy atom. The summed E-state index contributed by atoms with van der Waals surface area (Å²) in [6.45, 7) is 3.94. The number of hydrogen-bond donors (Lipinski definition) is 3. The Kier molecular flexibility index (Phi) is 5.32. The van der Waals surface area contributed by atoms with E-state index >= 15 is 0 Å². The number of piperazine rings is 1. The molecule has 1 aliphatic rings. The van der Waals surface area contributed by atoms with Crippen molar-refractivity contribution < 1.29 is 9.90 Å². The molecule has 5 heteroatoms. The molecule has 0 spiro atoms. The van der Waals surface area contributed by atoms with Crippen molar-refractivity contribution in [2.45, 2.75) is 6.04 Å². The molecule has 0 unspecified atom stereocenters. The maximum atomic E-state index is 12.0. The number of carbonyl (C=O) groups excluding carboxylic acids is 1. The number of nitrogens with one attached hydrogen (secondary N) is 2. The molecule has 1 amide bonds. The van der Waals surface area contributed by atoms with Gasteiger partial charge >= 0.3 is 0 Å². The summed E-state index contributed by atoms with van der Waals surface area (Å²) in [5.74, 6) is -0.0372. The normalized spacial score (nSPS) is 17.9. The zero-order valence-electron chi connectivity index (χ0n) is 11.0. The number of nitrogens with zero attached hydrogens (tertiary/aromatic N) is 1. The molecule has 1 fully saturated rings. The Balaban J connectivity index is 1.85. The lowest BCUT2D eigenvalue weighted by molar-refractivity contribution is -0.123. The first kappa shape index (κ1) is 14.0. The molecule has 1 aromatic rings. The van der Waals surface area contributed by atoms with Crippen LogP contribution in [0.5, 0.6) is 0 Å². The smallest absolute Gasteiger partial charge is 0.234 e. The fraction of sp³-hybridized carbons (Fsp3) is 0.500. The molecule has 1 aromatic carbocycles. The minimum atomic E-state index is -0.323. The summed E-state index contributed by atoms with van der Waals surface area (Å²) in [5, 5.41) is 15.5.